The van der Waals surface area contributed by atoms with E-state index in [1.165, 1.54) is 6.21 Å². The molecule has 2 amide bonds. The van der Waals surface area contributed by atoms with Gasteiger partial charge in [0.05, 0.1) is 12.8 Å². The van der Waals surface area contributed by atoms with Gasteiger partial charge in [0.1, 0.15) is 0 Å². The Morgan fingerprint density at radius 1 is 1.25 bits per heavy atom. The van der Waals surface area contributed by atoms with Gasteiger partial charge < -0.3 is 14.8 Å². The molecule has 8 heteroatoms. The van der Waals surface area contributed by atoms with Gasteiger partial charge in [0.2, 0.25) is 6.79 Å². The molecule has 2 heterocycles. The lowest BCUT2D eigenvalue weighted by Gasteiger charge is -2.05. The van der Waals surface area contributed by atoms with Crippen molar-refractivity contribution in [2.45, 2.75) is 0 Å². The van der Waals surface area contributed by atoms with Gasteiger partial charge in [-0.3, -0.25) is 14.6 Å². The molecule has 0 fully saturated rings. The second-order valence-electron chi connectivity index (χ2n) is 4.83. The molecule has 3 rings (SSSR count). The summed E-state index contributed by atoms with van der Waals surface area (Å²) in [4.78, 5) is 27.6. The van der Waals surface area contributed by atoms with E-state index in [1.54, 1.807) is 42.7 Å². The summed E-state index contributed by atoms with van der Waals surface area (Å²) in [7, 11) is 0. The van der Waals surface area contributed by atoms with Gasteiger partial charge in [-0.15, -0.1) is 0 Å². The largest absolute Gasteiger partial charge is 0.454 e. The molecule has 2 aromatic rings. The number of carbonyl (C=O) groups is 2. The van der Waals surface area contributed by atoms with Crippen LogP contribution in [0.25, 0.3) is 0 Å². The first-order valence-electron chi connectivity index (χ1n) is 7.12. The average Bonchev–Trinajstić information content (AvgIpc) is 3.08. The van der Waals surface area contributed by atoms with Gasteiger partial charge in [0.15, 0.2) is 11.5 Å². The van der Waals surface area contributed by atoms with E-state index >= 15 is 0 Å². The molecule has 8 nitrogen and oxygen atoms in total. The van der Waals surface area contributed by atoms with Crippen molar-refractivity contribution in [3.05, 3.63) is 53.9 Å². The zero-order valence-corrected chi connectivity index (χ0v) is 12.6. The number of carbonyl (C=O) groups excluding carboxylic acids is 2. The Kier molecular flexibility index (Phi) is 4.66. The summed E-state index contributed by atoms with van der Waals surface area (Å²) < 4.78 is 10.4. The molecule has 1 aliphatic rings. The molecular formula is C16H14N4O4. The number of ether oxygens (including phenoxy) is 2. The number of hydrazone groups is 1. The number of nitrogens with zero attached hydrogens (tertiary/aromatic N) is 2. The zero-order valence-electron chi connectivity index (χ0n) is 12.6. The molecule has 0 bridgehead atoms. The first-order chi connectivity index (χ1) is 11.7. The van der Waals surface area contributed by atoms with Gasteiger partial charge in [0, 0.05) is 23.5 Å². The molecule has 0 saturated heterocycles. The van der Waals surface area contributed by atoms with Gasteiger partial charge >= 0.3 is 0 Å². The molecule has 0 atom stereocenters. The molecule has 24 heavy (non-hydrogen) atoms. The molecule has 0 unspecified atom stereocenters. The molecule has 1 aromatic carbocycles. The Morgan fingerprint density at radius 2 is 2.12 bits per heavy atom. The number of benzene rings is 1. The fourth-order valence-electron chi connectivity index (χ4n) is 1.97. The molecular weight excluding hydrogens is 312 g/mol. The maximum atomic E-state index is 12.0. The molecule has 0 spiro atoms. The fourth-order valence-corrected chi connectivity index (χ4v) is 1.97. The van der Waals surface area contributed by atoms with Crippen molar-refractivity contribution in [2.24, 2.45) is 5.10 Å². The summed E-state index contributed by atoms with van der Waals surface area (Å²) in [6.07, 6.45) is 4.71. The van der Waals surface area contributed by atoms with Gasteiger partial charge in [-0.1, -0.05) is 6.07 Å². The summed E-state index contributed by atoms with van der Waals surface area (Å²) in [5.74, 6) is 0.270. The molecule has 2 N–H and O–H groups in total. The number of hydrogen-bond acceptors (Lipinski definition) is 6. The number of nitrogens with one attached hydrogen (secondary N) is 2. The Hall–Kier alpha value is -3.42. The van der Waals surface area contributed by atoms with E-state index in [4.69, 9.17) is 9.47 Å². The topological polar surface area (TPSA) is 102 Å². The first kappa shape index (κ1) is 15.5. The highest BCUT2D eigenvalue weighted by Crippen LogP contribution is 2.32. The Morgan fingerprint density at radius 3 is 2.96 bits per heavy atom. The van der Waals surface area contributed by atoms with E-state index < -0.39 is 5.91 Å². The predicted octanol–water partition coefficient (Wildman–Crippen LogP) is 0.690. The monoisotopic (exact) mass is 326 g/mol. The highest BCUT2D eigenvalue weighted by Gasteiger charge is 2.16. The second kappa shape index (κ2) is 7.23. The number of hydrogen-bond donors (Lipinski definition) is 2. The van der Waals surface area contributed by atoms with Crippen molar-refractivity contribution in [3.8, 4) is 11.5 Å². The van der Waals surface area contributed by atoms with Crippen molar-refractivity contribution >= 4 is 18.0 Å². The summed E-state index contributed by atoms with van der Waals surface area (Å²) in [6, 6.07) is 8.37. The minimum absolute atomic E-state index is 0.137. The van der Waals surface area contributed by atoms with Crippen LogP contribution < -0.4 is 20.2 Å². The van der Waals surface area contributed by atoms with Crippen molar-refractivity contribution in [2.75, 3.05) is 13.3 Å². The van der Waals surface area contributed by atoms with E-state index in [2.05, 4.69) is 20.8 Å². The van der Waals surface area contributed by atoms with E-state index in [-0.39, 0.29) is 19.2 Å². The summed E-state index contributed by atoms with van der Waals surface area (Å²) in [5, 5.41) is 6.29. The SMILES string of the molecule is O=C(CNC(=O)c1ccc2c(c1)OCO2)N/N=C/c1cccnc1. The van der Waals surface area contributed by atoms with E-state index in [1.807, 2.05) is 0 Å². The van der Waals surface area contributed by atoms with Crippen LogP contribution >= 0.6 is 0 Å². The molecule has 1 aliphatic heterocycles. The third-order valence-corrected chi connectivity index (χ3v) is 3.13. The zero-order chi connectivity index (χ0) is 16.8. The smallest absolute Gasteiger partial charge is 0.259 e. The molecule has 0 saturated carbocycles. The number of rotatable bonds is 5. The normalized spacial score (nSPS) is 12.2. The predicted molar refractivity (Wildman–Crippen MR) is 84.9 cm³/mol. The van der Waals surface area contributed by atoms with Crippen LogP contribution in [0.15, 0.2) is 47.8 Å². The van der Waals surface area contributed by atoms with Crippen LogP contribution in [-0.4, -0.2) is 36.4 Å². The van der Waals surface area contributed by atoms with Gasteiger partial charge in [-0.25, -0.2) is 5.43 Å². The van der Waals surface area contributed by atoms with Gasteiger partial charge in [0.25, 0.3) is 11.8 Å². The van der Waals surface area contributed by atoms with Crippen LogP contribution in [0.1, 0.15) is 15.9 Å². The Balaban J connectivity index is 1.47. The average molecular weight is 326 g/mol. The lowest BCUT2D eigenvalue weighted by atomic mass is 10.2. The standard InChI is InChI=1S/C16H14N4O4/c21-15(20-19-8-11-2-1-5-17-7-11)9-18-16(22)12-3-4-13-14(6-12)24-10-23-13/h1-8H,9-10H2,(H,18,22)(H,20,21)/b19-8+. The van der Waals surface area contributed by atoms with Gasteiger partial charge in [-0.05, 0) is 24.3 Å². The van der Waals surface area contributed by atoms with Crippen LogP contribution in [0.4, 0.5) is 0 Å². The van der Waals surface area contributed by atoms with Crippen molar-refractivity contribution < 1.29 is 19.1 Å². The Bertz CT molecular complexity index is 777. The molecule has 1 aromatic heterocycles. The van der Waals surface area contributed by atoms with Crippen LogP contribution in [0, 0.1) is 0 Å². The Labute approximate surface area is 137 Å². The van der Waals surface area contributed by atoms with Crippen molar-refractivity contribution in [3.63, 3.8) is 0 Å². The third-order valence-electron chi connectivity index (χ3n) is 3.13. The van der Waals surface area contributed by atoms with Crippen LogP contribution in [0.5, 0.6) is 11.5 Å². The summed E-state index contributed by atoms with van der Waals surface area (Å²) in [5.41, 5.74) is 3.46. The highest BCUT2D eigenvalue weighted by atomic mass is 16.7. The van der Waals surface area contributed by atoms with E-state index in [0.717, 1.165) is 5.56 Å². The fraction of sp³-hybridized carbons (Fsp3) is 0.125. The molecule has 122 valence electrons. The number of fused-ring (bicyclic) bond motifs is 1. The highest BCUT2D eigenvalue weighted by molar-refractivity contribution is 5.97. The second-order valence-corrected chi connectivity index (χ2v) is 4.83. The lowest BCUT2D eigenvalue weighted by Crippen LogP contribution is -2.34. The quantitative estimate of drug-likeness (QED) is 0.622. The van der Waals surface area contributed by atoms with Crippen molar-refractivity contribution in [1.29, 1.82) is 0 Å². The van der Waals surface area contributed by atoms with Crippen LogP contribution in [-0.2, 0) is 4.79 Å². The maximum Gasteiger partial charge on any atom is 0.259 e. The first-order valence-corrected chi connectivity index (χ1v) is 7.12. The number of aromatic nitrogens is 1. The van der Waals surface area contributed by atoms with Gasteiger partial charge in [-0.2, -0.15) is 5.10 Å². The van der Waals surface area contributed by atoms with E-state index in [9.17, 15) is 9.59 Å². The lowest BCUT2D eigenvalue weighted by molar-refractivity contribution is -0.120. The summed E-state index contributed by atoms with van der Waals surface area (Å²) >= 11 is 0. The minimum atomic E-state index is -0.441. The summed E-state index contributed by atoms with van der Waals surface area (Å²) in [6.45, 7) is -0.0601. The number of pyridine rings is 1. The van der Waals surface area contributed by atoms with Crippen LogP contribution in [0.3, 0.4) is 0 Å². The minimum Gasteiger partial charge on any atom is -0.454 e. The number of amides is 2. The van der Waals surface area contributed by atoms with E-state index in [0.29, 0.717) is 17.1 Å². The molecule has 0 radical (unpaired) electrons. The van der Waals surface area contributed by atoms with Crippen LogP contribution in [0.2, 0.25) is 0 Å². The molecule has 0 aliphatic carbocycles. The third kappa shape index (κ3) is 3.86. The maximum absolute atomic E-state index is 12.0. The van der Waals surface area contributed by atoms with Crippen molar-refractivity contribution in [1.82, 2.24) is 15.7 Å².